The number of nitrogens with zero attached hydrogens (tertiary/aromatic N) is 2. The second-order valence-electron chi connectivity index (χ2n) is 7.08. The number of hydrogen-bond acceptors (Lipinski definition) is 4. The fourth-order valence-corrected chi connectivity index (χ4v) is 4.44. The van der Waals surface area contributed by atoms with Crippen LogP contribution in [0, 0.1) is 5.82 Å². The Morgan fingerprint density at radius 1 is 0.875 bits per heavy atom. The molecule has 0 amide bonds. The van der Waals surface area contributed by atoms with Crippen LogP contribution in [0.4, 0.5) is 4.39 Å². The summed E-state index contributed by atoms with van der Waals surface area (Å²) in [4.78, 5) is 13.7. The van der Waals surface area contributed by atoms with Gasteiger partial charge in [-0.2, -0.15) is 9.78 Å². The lowest BCUT2D eigenvalue weighted by molar-refractivity contribution is 0.602. The van der Waals surface area contributed by atoms with Crippen molar-refractivity contribution >= 4 is 33.0 Å². The minimum Gasteiger partial charge on any atom is -0.267 e. The molecule has 0 spiro atoms. The second kappa shape index (κ2) is 8.50. The Labute approximate surface area is 193 Å². The molecular weight excluding hydrogens is 474 g/mol. The first-order valence-corrected chi connectivity index (χ1v) is 11.9. The molecule has 0 aliphatic rings. The van der Waals surface area contributed by atoms with Crippen LogP contribution in [0.2, 0.25) is 10.0 Å². The van der Waals surface area contributed by atoms with Crippen LogP contribution in [0.1, 0.15) is 0 Å². The molecule has 32 heavy (non-hydrogen) atoms. The van der Waals surface area contributed by atoms with Gasteiger partial charge in [0.1, 0.15) is 5.82 Å². The van der Waals surface area contributed by atoms with Gasteiger partial charge in [0.15, 0.2) is 9.84 Å². The summed E-state index contributed by atoms with van der Waals surface area (Å²) in [5.41, 5.74) is 1.68. The quantitative estimate of drug-likeness (QED) is 0.384. The standard InChI is InChI=1S/C23H15Cl2FN2O3S/c1-32(30,31)20-8-4-14(5-9-20)21-13-27-28(19-11-16(24)10-17(25)12-19)23(29)22(21)15-2-6-18(26)7-3-15/h2-13H,1H3. The minimum absolute atomic E-state index is 0.152. The van der Waals surface area contributed by atoms with E-state index in [4.69, 9.17) is 23.2 Å². The summed E-state index contributed by atoms with van der Waals surface area (Å²) >= 11 is 12.2. The van der Waals surface area contributed by atoms with Crippen LogP contribution in [0.5, 0.6) is 0 Å². The highest BCUT2D eigenvalue weighted by atomic mass is 35.5. The summed E-state index contributed by atoms with van der Waals surface area (Å²) < 4.78 is 38.3. The fourth-order valence-electron chi connectivity index (χ4n) is 3.30. The van der Waals surface area contributed by atoms with E-state index in [2.05, 4.69) is 5.10 Å². The Bertz CT molecular complexity index is 1460. The Balaban J connectivity index is 1.97. The predicted octanol–water partition coefficient (Wildman–Crippen LogP) is 5.42. The highest BCUT2D eigenvalue weighted by Gasteiger charge is 2.17. The monoisotopic (exact) mass is 488 g/mol. The highest BCUT2D eigenvalue weighted by Crippen LogP contribution is 2.30. The van der Waals surface area contributed by atoms with Gasteiger partial charge in [-0.15, -0.1) is 0 Å². The van der Waals surface area contributed by atoms with Gasteiger partial charge < -0.3 is 0 Å². The van der Waals surface area contributed by atoms with E-state index in [0.717, 1.165) is 10.9 Å². The van der Waals surface area contributed by atoms with Crippen LogP contribution in [0.25, 0.3) is 27.9 Å². The van der Waals surface area contributed by atoms with E-state index in [1.54, 1.807) is 24.3 Å². The number of halogens is 3. The molecule has 0 saturated heterocycles. The lowest BCUT2D eigenvalue weighted by Gasteiger charge is -2.13. The van der Waals surface area contributed by atoms with Gasteiger partial charge in [-0.3, -0.25) is 4.79 Å². The molecule has 0 N–H and O–H groups in total. The van der Waals surface area contributed by atoms with Crippen molar-refractivity contribution in [3.63, 3.8) is 0 Å². The van der Waals surface area contributed by atoms with Crippen molar-refractivity contribution in [1.82, 2.24) is 9.78 Å². The van der Waals surface area contributed by atoms with Gasteiger partial charge in [0.2, 0.25) is 0 Å². The first-order chi connectivity index (χ1) is 15.1. The van der Waals surface area contributed by atoms with E-state index in [1.807, 2.05) is 0 Å². The zero-order chi connectivity index (χ0) is 23.0. The van der Waals surface area contributed by atoms with Crippen molar-refractivity contribution in [3.8, 4) is 27.9 Å². The van der Waals surface area contributed by atoms with Gasteiger partial charge in [-0.25, -0.2) is 12.8 Å². The molecule has 0 aliphatic heterocycles. The van der Waals surface area contributed by atoms with Crippen molar-refractivity contribution < 1.29 is 12.8 Å². The Hall–Kier alpha value is -3.00. The van der Waals surface area contributed by atoms with Crippen LogP contribution in [-0.4, -0.2) is 24.5 Å². The minimum atomic E-state index is -3.38. The molecule has 0 aliphatic carbocycles. The summed E-state index contributed by atoms with van der Waals surface area (Å²) in [6.07, 6.45) is 2.61. The smallest absolute Gasteiger partial charge is 0.267 e. The predicted molar refractivity (Wildman–Crippen MR) is 124 cm³/mol. The van der Waals surface area contributed by atoms with E-state index in [1.165, 1.54) is 48.7 Å². The summed E-state index contributed by atoms with van der Waals surface area (Å²) in [5.74, 6) is -0.441. The average molecular weight is 489 g/mol. The summed E-state index contributed by atoms with van der Waals surface area (Å²) in [7, 11) is -3.38. The molecular formula is C23H15Cl2FN2O3S. The largest absolute Gasteiger partial charge is 0.280 e. The Morgan fingerprint density at radius 3 is 2.00 bits per heavy atom. The summed E-state index contributed by atoms with van der Waals surface area (Å²) in [5, 5.41) is 4.95. The number of aromatic nitrogens is 2. The molecule has 1 aromatic heterocycles. The Kier molecular flexibility index (Phi) is 5.90. The molecule has 0 atom stereocenters. The molecule has 5 nitrogen and oxygen atoms in total. The van der Waals surface area contributed by atoms with Gasteiger partial charge in [-0.05, 0) is 53.6 Å². The first-order valence-electron chi connectivity index (χ1n) is 9.29. The summed E-state index contributed by atoms with van der Waals surface area (Å²) in [6, 6.07) is 16.3. The van der Waals surface area contributed by atoms with Crippen molar-refractivity contribution in [2.45, 2.75) is 4.90 Å². The zero-order valence-electron chi connectivity index (χ0n) is 16.6. The van der Waals surface area contributed by atoms with E-state index in [0.29, 0.717) is 32.4 Å². The van der Waals surface area contributed by atoms with Crippen LogP contribution >= 0.6 is 23.2 Å². The number of hydrogen-bond donors (Lipinski definition) is 0. The van der Waals surface area contributed by atoms with Crippen LogP contribution < -0.4 is 5.56 Å². The fraction of sp³-hybridized carbons (Fsp3) is 0.0435. The average Bonchev–Trinajstić information content (AvgIpc) is 2.73. The van der Waals surface area contributed by atoms with E-state index in [9.17, 15) is 17.6 Å². The highest BCUT2D eigenvalue weighted by molar-refractivity contribution is 7.90. The van der Waals surface area contributed by atoms with Crippen molar-refractivity contribution in [2.75, 3.05) is 6.26 Å². The summed E-state index contributed by atoms with van der Waals surface area (Å²) in [6.45, 7) is 0. The molecule has 9 heteroatoms. The maximum atomic E-state index is 13.5. The van der Waals surface area contributed by atoms with Crippen molar-refractivity contribution in [3.05, 3.63) is 99.1 Å². The third kappa shape index (κ3) is 4.46. The van der Waals surface area contributed by atoms with E-state index >= 15 is 0 Å². The normalized spacial score (nSPS) is 11.5. The van der Waals surface area contributed by atoms with Gasteiger partial charge in [-0.1, -0.05) is 47.5 Å². The second-order valence-corrected chi connectivity index (χ2v) is 9.97. The van der Waals surface area contributed by atoms with E-state index < -0.39 is 21.2 Å². The number of benzene rings is 3. The molecule has 0 radical (unpaired) electrons. The lowest BCUT2D eigenvalue weighted by Crippen LogP contribution is -2.23. The van der Waals surface area contributed by atoms with E-state index in [-0.39, 0.29) is 10.5 Å². The molecule has 162 valence electrons. The first kappa shape index (κ1) is 22.2. The van der Waals surface area contributed by atoms with Crippen LogP contribution in [-0.2, 0) is 9.84 Å². The van der Waals surface area contributed by atoms with Gasteiger partial charge in [0, 0.05) is 21.9 Å². The molecule has 4 aromatic rings. The molecule has 0 saturated carbocycles. The number of sulfone groups is 1. The molecule has 3 aromatic carbocycles. The molecule has 0 unspecified atom stereocenters. The SMILES string of the molecule is CS(=O)(=O)c1ccc(-c2cnn(-c3cc(Cl)cc(Cl)c3)c(=O)c2-c2ccc(F)cc2)cc1. The maximum absolute atomic E-state index is 13.5. The molecule has 0 fully saturated rings. The van der Waals surface area contributed by atoms with Gasteiger partial charge in [0.05, 0.1) is 22.3 Å². The van der Waals surface area contributed by atoms with Crippen molar-refractivity contribution in [2.24, 2.45) is 0 Å². The van der Waals surface area contributed by atoms with Gasteiger partial charge >= 0.3 is 0 Å². The zero-order valence-corrected chi connectivity index (χ0v) is 18.9. The molecule has 1 heterocycles. The number of rotatable bonds is 4. The Morgan fingerprint density at radius 2 is 1.44 bits per heavy atom. The molecule has 4 rings (SSSR count). The lowest BCUT2D eigenvalue weighted by atomic mass is 9.97. The van der Waals surface area contributed by atoms with Crippen LogP contribution in [0.3, 0.4) is 0 Å². The topological polar surface area (TPSA) is 69.0 Å². The third-order valence-electron chi connectivity index (χ3n) is 4.80. The third-order valence-corrected chi connectivity index (χ3v) is 6.36. The maximum Gasteiger partial charge on any atom is 0.280 e. The molecule has 0 bridgehead atoms. The van der Waals surface area contributed by atoms with Gasteiger partial charge in [0.25, 0.3) is 5.56 Å². The van der Waals surface area contributed by atoms with Crippen molar-refractivity contribution in [1.29, 1.82) is 0 Å². The van der Waals surface area contributed by atoms with Crippen LogP contribution in [0.15, 0.2) is 82.6 Å².